The Morgan fingerprint density at radius 2 is 1.73 bits per heavy atom. The second-order valence-electron chi connectivity index (χ2n) is 11.8. The third-order valence-electron chi connectivity index (χ3n) is 9.90. The summed E-state index contributed by atoms with van der Waals surface area (Å²) in [6, 6.07) is 9.03. The topological polar surface area (TPSA) is 62.2 Å². The first-order valence-corrected chi connectivity index (χ1v) is 13.0. The number of aliphatic hydroxyl groups is 2. The first-order valence-electron chi connectivity index (χ1n) is 13.0. The fourth-order valence-electron chi connectivity index (χ4n) is 8.33. The van der Waals surface area contributed by atoms with E-state index in [4.69, 9.17) is 9.47 Å². The van der Waals surface area contributed by atoms with Crippen LogP contribution in [0, 0.1) is 23.2 Å². The van der Waals surface area contributed by atoms with Gasteiger partial charge < -0.3 is 24.6 Å². The molecule has 7 atom stereocenters. The van der Waals surface area contributed by atoms with Crippen molar-refractivity contribution < 1.29 is 19.7 Å². The molecule has 1 aromatic rings. The molecule has 5 nitrogen and oxygen atoms in total. The zero-order valence-corrected chi connectivity index (χ0v) is 20.3. The average molecular weight is 454 g/mol. The van der Waals surface area contributed by atoms with Crippen LogP contribution >= 0.6 is 0 Å². The van der Waals surface area contributed by atoms with Gasteiger partial charge in [-0.05, 0) is 61.1 Å². The summed E-state index contributed by atoms with van der Waals surface area (Å²) in [5, 5.41) is 22.2. The molecular formula is C28H39NO4. The Labute approximate surface area is 197 Å². The van der Waals surface area contributed by atoms with E-state index in [9.17, 15) is 10.2 Å². The van der Waals surface area contributed by atoms with Crippen LogP contribution in [0.15, 0.2) is 35.4 Å². The molecule has 6 rings (SSSR count). The van der Waals surface area contributed by atoms with Crippen molar-refractivity contribution in [2.24, 2.45) is 23.2 Å². The molecule has 0 amide bonds. The first kappa shape index (κ1) is 22.1. The second kappa shape index (κ2) is 7.81. The summed E-state index contributed by atoms with van der Waals surface area (Å²) in [4.78, 5) is 2.14. The summed E-state index contributed by atoms with van der Waals surface area (Å²) < 4.78 is 12.2. The van der Waals surface area contributed by atoms with Gasteiger partial charge >= 0.3 is 0 Å². The third-order valence-corrected chi connectivity index (χ3v) is 9.90. The van der Waals surface area contributed by atoms with Crippen LogP contribution in [0.3, 0.4) is 0 Å². The number of hydrogen-bond donors (Lipinski definition) is 2. The summed E-state index contributed by atoms with van der Waals surface area (Å²) >= 11 is 0. The monoisotopic (exact) mass is 453 g/mol. The lowest BCUT2D eigenvalue weighted by Crippen LogP contribution is -2.49. The van der Waals surface area contributed by atoms with Crippen LogP contribution in [0.25, 0.3) is 0 Å². The molecule has 1 heterocycles. The number of anilines is 1. The van der Waals surface area contributed by atoms with Crippen LogP contribution in [-0.4, -0.2) is 55.5 Å². The van der Waals surface area contributed by atoms with E-state index in [-0.39, 0.29) is 17.1 Å². The van der Waals surface area contributed by atoms with Gasteiger partial charge in [-0.1, -0.05) is 30.2 Å². The Morgan fingerprint density at radius 1 is 1.00 bits per heavy atom. The zero-order chi connectivity index (χ0) is 23.0. The molecule has 1 unspecified atom stereocenters. The predicted octanol–water partition coefficient (Wildman–Crippen LogP) is 4.24. The molecule has 33 heavy (non-hydrogen) atoms. The smallest absolute Gasteiger partial charge is 0.169 e. The largest absolute Gasteiger partial charge is 0.393 e. The summed E-state index contributed by atoms with van der Waals surface area (Å²) in [6.45, 7) is 3.67. The lowest BCUT2D eigenvalue weighted by Gasteiger charge is -2.54. The third kappa shape index (κ3) is 3.34. The van der Waals surface area contributed by atoms with Gasteiger partial charge in [0.2, 0.25) is 0 Å². The van der Waals surface area contributed by atoms with Gasteiger partial charge in [0.15, 0.2) is 5.79 Å². The number of nitrogens with zero attached hydrogens (tertiary/aromatic N) is 1. The Bertz CT molecular complexity index is 934. The van der Waals surface area contributed by atoms with Crippen LogP contribution < -0.4 is 4.90 Å². The highest BCUT2D eigenvalue weighted by Crippen LogP contribution is 2.64. The minimum atomic E-state index is -0.430. The molecule has 5 heteroatoms. The van der Waals surface area contributed by atoms with Crippen molar-refractivity contribution in [1.29, 1.82) is 0 Å². The summed E-state index contributed by atoms with van der Waals surface area (Å²) in [5.74, 6) is 0.976. The predicted molar refractivity (Wildman–Crippen MR) is 128 cm³/mol. The van der Waals surface area contributed by atoms with E-state index in [1.807, 2.05) is 0 Å². The molecule has 180 valence electrons. The molecule has 0 bridgehead atoms. The molecule has 0 radical (unpaired) electrons. The minimum Gasteiger partial charge on any atom is -0.393 e. The number of hydrogen-bond acceptors (Lipinski definition) is 5. The zero-order valence-electron chi connectivity index (χ0n) is 20.3. The van der Waals surface area contributed by atoms with Crippen LogP contribution in [0.1, 0.15) is 63.4 Å². The fourth-order valence-corrected chi connectivity index (χ4v) is 8.33. The van der Waals surface area contributed by atoms with Gasteiger partial charge in [0.1, 0.15) is 0 Å². The Kier molecular flexibility index (Phi) is 5.23. The molecule has 5 aliphatic rings. The SMILES string of the molecule is CN(C)c1ccc([C@H]2C[C@]3(C)[C@H](O)CC(O)[C@@H]3[C@@H]3CC[C@H]4CC5(CCC4=C32)OCCO5)cc1. The maximum atomic E-state index is 11.1. The van der Waals surface area contributed by atoms with Crippen molar-refractivity contribution in [3.05, 3.63) is 41.0 Å². The van der Waals surface area contributed by atoms with Crippen LogP contribution in [0.5, 0.6) is 0 Å². The lowest BCUT2D eigenvalue weighted by molar-refractivity contribution is -0.181. The van der Waals surface area contributed by atoms with Gasteiger partial charge in [-0.2, -0.15) is 0 Å². The molecule has 3 saturated carbocycles. The number of ether oxygens (including phenoxy) is 2. The van der Waals surface area contributed by atoms with Gasteiger partial charge in [0.05, 0.1) is 25.4 Å². The van der Waals surface area contributed by atoms with Gasteiger partial charge in [-0.3, -0.25) is 0 Å². The highest BCUT2D eigenvalue weighted by Gasteiger charge is 2.60. The number of fused-ring (bicyclic) bond motifs is 4. The molecule has 4 fully saturated rings. The van der Waals surface area contributed by atoms with Gasteiger partial charge in [0.25, 0.3) is 0 Å². The maximum Gasteiger partial charge on any atom is 0.169 e. The van der Waals surface area contributed by atoms with Crippen molar-refractivity contribution in [3.63, 3.8) is 0 Å². The van der Waals surface area contributed by atoms with Crippen LogP contribution in [0.2, 0.25) is 0 Å². The van der Waals surface area contributed by atoms with E-state index in [2.05, 4.69) is 50.2 Å². The number of rotatable bonds is 2. The van der Waals surface area contributed by atoms with Crippen molar-refractivity contribution in [1.82, 2.24) is 0 Å². The summed E-state index contributed by atoms with van der Waals surface area (Å²) in [6.07, 6.45) is 5.77. The standard InChI is InChI=1S/C28H39NO4/c1-27-16-22(17-4-7-19(8-5-17)29(2)3)25-20-10-11-28(32-12-13-33-28)15-18(20)6-9-21(25)26(27)23(30)14-24(27)31/h4-5,7-8,18,21-24,26,30-31H,6,9-16H2,1-3H3/t18-,21+,22+,23?,24+,26-,27+/m0/s1. The van der Waals surface area contributed by atoms with E-state index in [1.54, 1.807) is 11.1 Å². The van der Waals surface area contributed by atoms with E-state index in [1.165, 1.54) is 11.3 Å². The van der Waals surface area contributed by atoms with Crippen molar-refractivity contribution in [2.45, 2.75) is 75.8 Å². The summed E-state index contributed by atoms with van der Waals surface area (Å²) in [5.41, 5.74) is 5.54. The second-order valence-corrected chi connectivity index (χ2v) is 11.8. The first-order chi connectivity index (χ1) is 15.8. The van der Waals surface area contributed by atoms with E-state index in [0.29, 0.717) is 37.4 Å². The molecular weight excluding hydrogens is 414 g/mol. The lowest BCUT2D eigenvalue weighted by atomic mass is 9.51. The van der Waals surface area contributed by atoms with Crippen molar-refractivity contribution in [2.75, 3.05) is 32.2 Å². The Balaban J connectivity index is 1.43. The number of aliphatic hydroxyl groups excluding tert-OH is 2. The quantitative estimate of drug-likeness (QED) is 0.656. The highest BCUT2D eigenvalue weighted by molar-refractivity contribution is 5.49. The Morgan fingerprint density at radius 3 is 2.42 bits per heavy atom. The molecule has 1 spiro atoms. The highest BCUT2D eigenvalue weighted by atomic mass is 16.7. The van der Waals surface area contributed by atoms with Gasteiger partial charge in [0, 0.05) is 50.4 Å². The molecule has 1 aliphatic heterocycles. The van der Waals surface area contributed by atoms with Crippen molar-refractivity contribution in [3.8, 4) is 0 Å². The minimum absolute atomic E-state index is 0.156. The molecule has 0 aromatic heterocycles. The fraction of sp³-hybridized carbons (Fsp3) is 0.714. The van der Waals surface area contributed by atoms with Crippen molar-refractivity contribution >= 4 is 5.69 Å². The number of allylic oxidation sites excluding steroid dienone is 2. The number of benzene rings is 1. The van der Waals surface area contributed by atoms with E-state index in [0.717, 1.165) is 38.5 Å². The maximum absolute atomic E-state index is 11.1. The van der Waals surface area contributed by atoms with Crippen LogP contribution in [0.4, 0.5) is 5.69 Å². The molecule has 1 aromatic carbocycles. The molecule has 1 saturated heterocycles. The Hall–Kier alpha value is -1.40. The molecule has 2 N–H and O–H groups in total. The van der Waals surface area contributed by atoms with Crippen LogP contribution in [-0.2, 0) is 9.47 Å². The summed E-state index contributed by atoms with van der Waals surface area (Å²) in [7, 11) is 4.16. The van der Waals surface area contributed by atoms with Gasteiger partial charge in [-0.15, -0.1) is 0 Å². The average Bonchev–Trinajstić information content (AvgIpc) is 3.34. The van der Waals surface area contributed by atoms with E-state index >= 15 is 0 Å². The van der Waals surface area contributed by atoms with Gasteiger partial charge in [-0.25, -0.2) is 0 Å². The van der Waals surface area contributed by atoms with E-state index < -0.39 is 12.2 Å². The molecule has 4 aliphatic carbocycles. The normalized spacial score (nSPS) is 41.6.